The first-order valence-electron chi connectivity index (χ1n) is 6.82. The molecule has 1 amide bonds. The lowest BCUT2D eigenvalue weighted by Gasteiger charge is -2.06. The van der Waals surface area contributed by atoms with E-state index in [1.807, 2.05) is 11.8 Å². The molecule has 0 aromatic heterocycles. The lowest BCUT2D eigenvalue weighted by atomic mass is 10.2. The number of amides is 1. The van der Waals surface area contributed by atoms with E-state index < -0.39 is 0 Å². The van der Waals surface area contributed by atoms with Crippen molar-refractivity contribution in [2.45, 2.75) is 12.7 Å². The lowest BCUT2D eigenvalue weighted by molar-refractivity contribution is 0.0956. The molecule has 0 spiro atoms. The van der Waals surface area contributed by atoms with Crippen LogP contribution in [0.25, 0.3) is 0 Å². The summed E-state index contributed by atoms with van der Waals surface area (Å²) < 4.78 is 0. The van der Waals surface area contributed by atoms with Crippen LogP contribution >= 0.6 is 23.4 Å². The van der Waals surface area contributed by atoms with E-state index >= 15 is 0 Å². The van der Waals surface area contributed by atoms with Gasteiger partial charge in [0, 0.05) is 28.6 Å². The second-order valence-corrected chi connectivity index (χ2v) is 6.35. The Balaban J connectivity index is 1.69. The minimum atomic E-state index is -0.0753. The fraction of sp³-hybridized carbons (Fsp3) is 0.235. The van der Waals surface area contributed by atoms with E-state index in [0.717, 1.165) is 11.5 Å². The SMILES string of the molecule is Cc1cccc(CSCCNC(=O)c2cccc(Cl)c2)c1. The maximum atomic E-state index is 11.9. The Kier molecular flexibility index (Phi) is 6.15. The normalized spacial score (nSPS) is 10.4. The molecule has 0 heterocycles. The van der Waals surface area contributed by atoms with Gasteiger partial charge in [-0.15, -0.1) is 0 Å². The predicted octanol–water partition coefficient (Wildman–Crippen LogP) is 4.31. The molecular formula is C17H18ClNOS. The van der Waals surface area contributed by atoms with Crippen LogP contribution < -0.4 is 5.32 Å². The molecule has 2 rings (SSSR count). The van der Waals surface area contributed by atoms with Gasteiger partial charge in [0.25, 0.3) is 5.91 Å². The second kappa shape index (κ2) is 8.11. The van der Waals surface area contributed by atoms with Gasteiger partial charge < -0.3 is 5.32 Å². The zero-order valence-corrected chi connectivity index (χ0v) is 13.5. The molecule has 0 fully saturated rings. The highest BCUT2D eigenvalue weighted by molar-refractivity contribution is 7.98. The molecule has 2 nitrogen and oxygen atoms in total. The summed E-state index contributed by atoms with van der Waals surface area (Å²) in [6.45, 7) is 2.75. The Labute approximate surface area is 134 Å². The lowest BCUT2D eigenvalue weighted by Crippen LogP contribution is -2.25. The molecule has 2 aromatic carbocycles. The summed E-state index contributed by atoms with van der Waals surface area (Å²) in [6, 6.07) is 15.5. The summed E-state index contributed by atoms with van der Waals surface area (Å²) in [5, 5.41) is 3.49. The zero-order chi connectivity index (χ0) is 15.1. The van der Waals surface area contributed by atoms with Crippen LogP contribution in [0.4, 0.5) is 0 Å². The Morgan fingerprint density at radius 2 is 2.00 bits per heavy atom. The van der Waals surface area contributed by atoms with Crippen molar-refractivity contribution in [2.24, 2.45) is 0 Å². The van der Waals surface area contributed by atoms with Gasteiger partial charge in [-0.25, -0.2) is 0 Å². The number of carbonyl (C=O) groups is 1. The minimum absolute atomic E-state index is 0.0753. The first-order valence-corrected chi connectivity index (χ1v) is 8.35. The molecule has 0 radical (unpaired) electrons. The summed E-state index contributed by atoms with van der Waals surface area (Å²) in [5.74, 6) is 1.78. The number of halogens is 1. The fourth-order valence-corrected chi connectivity index (χ4v) is 2.96. The van der Waals surface area contributed by atoms with E-state index in [9.17, 15) is 4.79 Å². The zero-order valence-electron chi connectivity index (χ0n) is 11.9. The third-order valence-corrected chi connectivity index (χ3v) is 4.24. The highest BCUT2D eigenvalue weighted by atomic mass is 35.5. The van der Waals surface area contributed by atoms with Crippen LogP contribution in [0.3, 0.4) is 0 Å². The van der Waals surface area contributed by atoms with Crippen LogP contribution in [0.1, 0.15) is 21.5 Å². The second-order valence-electron chi connectivity index (χ2n) is 4.81. The van der Waals surface area contributed by atoms with Crippen molar-refractivity contribution < 1.29 is 4.79 Å². The third kappa shape index (κ3) is 5.44. The van der Waals surface area contributed by atoms with Gasteiger partial charge in [0.2, 0.25) is 0 Å². The molecule has 21 heavy (non-hydrogen) atoms. The molecular weight excluding hydrogens is 302 g/mol. The number of rotatable bonds is 6. The number of nitrogens with one attached hydrogen (secondary N) is 1. The molecule has 110 valence electrons. The standard InChI is InChI=1S/C17H18ClNOS/c1-13-4-2-5-14(10-13)12-21-9-8-19-17(20)15-6-3-7-16(18)11-15/h2-7,10-11H,8-9,12H2,1H3,(H,19,20). The predicted molar refractivity (Wildman–Crippen MR) is 91.1 cm³/mol. The van der Waals surface area contributed by atoms with E-state index in [1.54, 1.807) is 24.3 Å². The minimum Gasteiger partial charge on any atom is -0.351 e. The van der Waals surface area contributed by atoms with E-state index in [4.69, 9.17) is 11.6 Å². The van der Waals surface area contributed by atoms with E-state index in [2.05, 4.69) is 36.5 Å². The van der Waals surface area contributed by atoms with Crippen LogP contribution in [0.2, 0.25) is 5.02 Å². The van der Waals surface area contributed by atoms with Crippen molar-refractivity contribution >= 4 is 29.3 Å². The maximum Gasteiger partial charge on any atom is 0.251 e. The highest BCUT2D eigenvalue weighted by Crippen LogP contribution is 2.13. The monoisotopic (exact) mass is 319 g/mol. The first kappa shape index (κ1) is 15.9. The maximum absolute atomic E-state index is 11.9. The Morgan fingerprint density at radius 3 is 2.76 bits per heavy atom. The first-order chi connectivity index (χ1) is 10.1. The summed E-state index contributed by atoms with van der Waals surface area (Å²) >= 11 is 7.68. The highest BCUT2D eigenvalue weighted by Gasteiger charge is 2.04. The van der Waals surface area contributed by atoms with E-state index in [-0.39, 0.29) is 5.91 Å². The number of hydrogen-bond acceptors (Lipinski definition) is 2. The number of aryl methyl sites for hydroxylation is 1. The molecule has 0 saturated heterocycles. The van der Waals surface area contributed by atoms with Crippen LogP contribution in [0.15, 0.2) is 48.5 Å². The van der Waals surface area contributed by atoms with Crippen LogP contribution in [0, 0.1) is 6.92 Å². The van der Waals surface area contributed by atoms with Crippen molar-refractivity contribution in [2.75, 3.05) is 12.3 Å². The molecule has 0 bridgehead atoms. The Hall–Kier alpha value is -1.45. The number of hydrogen-bond donors (Lipinski definition) is 1. The van der Waals surface area contributed by atoms with Gasteiger partial charge in [0.05, 0.1) is 0 Å². The molecule has 0 atom stereocenters. The van der Waals surface area contributed by atoms with Crippen LogP contribution in [-0.4, -0.2) is 18.2 Å². The van der Waals surface area contributed by atoms with Crippen molar-refractivity contribution in [3.8, 4) is 0 Å². The molecule has 4 heteroatoms. The molecule has 0 aliphatic heterocycles. The third-order valence-electron chi connectivity index (χ3n) is 2.97. The summed E-state index contributed by atoms with van der Waals surface area (Å²) in [6.07, 6.45) is 0. The van der Waals surface area contributed by atoms with Crippen LogP contribution in [0.5, 0.6) is 0 Å². The number of benzene rings is 2. The quantitative estimate of drug-likeness (QED) is 0.804. The van der Waals surface area contributed by atoms with Gasteiger partial charge in [-0.05, 0) is 30.7 Å². The fourth-order valence-electron chi connectivity index (χ4n) is 1.96. The van der Waals surface area contributed by atoms with E-state index in [1.165, 1.54) is 11.1 Å². The van der Waals surface area contributed by atoms with E-state index in [0.29, 0.717) is 17.1 Å². The van der Waals surface area contributed by atoms with Gasteiger partial charge in [-0.3, -0.25) is 4.79 Å². The van der Waals surface area contributed by atoms with Gasteiger partial charge in [0.15, 0.2) is 0 Å². The van der Waals surface area contributed by atoms with Crippen molar-refractivity contribution in [1.29, 1.82) is 0 Å². The van der Waals surface area contributed by atoms with Crippen molar-refractivity contribution in [3.05, 3.63) is 70.2 Å². The Morgan fingerprint density at radius 1 is 1.19 bits per heavy atom. The number of thioether (sulfide) groups is 1. The van der Waals surface area contributed by atoms with Crippen LogP contribution in [-0.2, 0) is 5.75 Å². The van der Waals surface area contributed by atoms with Crippen molar-refractivity contribution in [1.82, 2.24) is 5.32 Å². The molecule has 1 N–H and O–H groups in total. The molecule has 0 aliphatic rings. The molecule has 0 unspecified atom stereocenters. The molecule has 2 aromatic rings. The van der Waals surface area contributed by atoms with Gasteiger partial charge >= 0.3 is 0 Å². The number of carbonyl (C=O) groups excluding carboxylic acids is 1. The smallest absolute Gasteiger partial charge is 0.251 e. The Bertz CT molecular complexity index is 615. The van der Waals surface area contributed by atoms with Gasteiger partial charge in [-0.2, -0.15) is 11.8 Å². The molecule has 0 aliphatic carbocycles. The van der Waals surface area contributed by atoms with Crippen molar-refractivity contribution in [3.63, 3.8) is 0 Å². The topological polar surface area (TPSA) is 29.1 Å². The average molecular weight is 320 g/mol. The summed E-state index contributed by atoms with van der Waals surface area (Å²) in [5.41, 5.74) is 3.20. The molecule has 0 saturated carbocycles. The van der Waals surface area contributed by atoms with Gasteiger partial charge in [-0.1, -0.05) is 47.5 Å². The summed E-state index contributed by atoms with van der Waals surface area (Å²) in [4.78, 5) is 11.9. The average Bonchev–Trinajstić information content (AvgIpc) is 2.47. The van der Waals surface area contributed by atoms with Gasteiger partial charge in [0.1, 0.15) is 0 Å². The summed E-state index contributed by atoms with van der Waals surface area (Å²) in [7, 11) is 0. The largest absolute Gasteiger partial charge is 0.351 e.